The lowest BCUT2D eigenvalue weighted by atomic mass is 9.94. The summed E-state index contributed by atoms with van der Waals surface area (Å²) < 4.78 is 73.2. The van der Waals surface area contributed by atoms with Gasteiger partial charge in [0.1, 0.15) is 0 Å². The SMILES string of the molecule is Fc1cc(C2CCC(C3OCC(I)CO3)CO2)cc(F)c1OC(F)F. The molecule has 0 radical (unpaired) electrons. The molecule has 4 nitrogen and oxygen atoms in total. The van der Waals surface area contributed by atoms with Gasteiger partial charge in [0.05, 0.1) is 29.8 Å². The minimum atomic E-state index is -3.29. The van der Waals surface area contributed by atoms with Crippen LogP contribution in [0.15, 0.2) is 12.1 Å². The summed E-state index contributed by atoms with van der Waals surface area (Å²) in [5.41, 5.74) is 0.257. The molecule has 3 rings (SSSR count). The average molecular weight is 476 g/mol. The fraction of sp³-hybridized carbons (Fsp3) is 0.625. The molecule has 2 aliphatic rings. The van der Waals surface area contributed by atoms with E-state index in [9.17, 15) is 17.6 Å². The lowest BCUT2D eigenvalue weighted by molar-refractivity contribution is -0.221. The van der Waals surface area contributed by atoms with Crippen molar-refractivity contribution in [1.29, 1.82) is 0 Å². The lowest BCUT2D eigenvalue weighted by Gasteiger charge is -2.36. The molecule has 1 aromatic carbocycles. The number of alkyl halides is 3. The minimum absolute atomic E-state index is 0.0521. The van der Waals surface area contributed by atoms with E-state index in [1.165, 1.54) is 0 Å². The van der Waals surface area contributed by atoms with E-state index in [1.54, 1.807) is 0 Å². The summed E-state index contributed by atoms with van der Waals surface area (Å²) in [6, 6.07) is 1.94. The minimum Gasteiger partial charge on any atom is -0.429 e. The standard InChI is InChI=1S/C16H17F4IO4/c17-11-3-9(4-12(18)14(11)25-16(19)20)13-2-1-8(5-22-13)15-23-6-10(21)7-24-15/h3-4,8,10,13,15-16H,1-2,5-7H2. The van der Waals surface area contributed by atoms with Crippen molar-refractivity contribution < 1.29 is 36.5 Å². The van der Waals surface area contributed by atoms with Gasteiger partial charge in [-0.05, 0) is 30.5 Å². The monoisotopic (exact) mass is 476 g/mol. The molecule has 25 heavy (non-hydrogen) atoms. The summed E-state index contributed by atoms with van der Waals surface area (Å²) in [6.07, 6.45) is 0.388. The van der Waals surface area contributed by atoms with E-state index in [4.69, 9.17) is 14.2 Å². The van der Waals surface area contributed by atoms with Crippen LogP contribution < -0.4 is 4.74 Å². The fourth-order valence-electron chi connectivity index (χ4n) is 2.98. The first kappa shape index (κ1) is 19.1. The van der Waals surface area contributed by atoms with Crippen LogP contribution in [0.3, 0.4) is 0 Å². The van der Waals surface area contributed by atoms with E-state index >= 15 is 0 Å². The van der Waals surface area contributed by atoms with Crippen molar-refractivity contribution in [3.05, 3.63) is 29.3 Å². The molecule has 1 aromatic rings. The molecule has 0 saturated carbocycles. The predicted octanol–water partition coefficient (Wildman–Crippen LogP) is 4.21. The molecule has 2 aliphatic heterocycles. The van der Waals surface area contributed by atoms with Crippen LogP contribution in [0.4, 0.5) is 17.6 Å². The Balaban J connectivity index is 1.61. The topological polar surface area (TPSA) is 36.9 Å². The van der Waals surface area contributed by atoms with Gasteiger partial charge in [0.2, 0.25) is 0 Å². The van der Waals surface area contributed by atoms with Gasteiger partial charge in [-0.15, -0.1) is 0 Å². The summed E-state index contributed by atoms with van der Waals surface area (Å²) in [7, 11) is 0. The van der Waals surface area contributed by atoms with Crippen LogP contribution >= 0.6 is 22.6 Å². The summed E-state index contributed by atoms with van der Waals surface area (Å²) in [6.45, 7) is -1.72. The van der Waals surface area contributed by atoms with Crippen molar-refractivity contribution in [2.45, 2.75) is 35.8 Å². The fourth-order valence-corrected chi connectivity index (χ4v) is 3.40. The first-order valence-electron chi connectivity index (χ1n) is 7.86. The van der Waals surface area contributed by atoms with Crippen LogP contribution in [-0.4, -0.2) is 36.6 Å². The van der Waals surface area contributed by atoms with Crippen molar-refractivity contribution in [2.24, 2.45) is 5.92 Å². The van der Waals surface area contributed by atoms with E-state index < -0.39 is 30.1 Å². The van der Waals surface area contributed by atoms with Gasteiger partial charge in [0.25, 0.3) is 0 Å². The van der Waals surface area contributed by atoms with Crippen molar-refractivity contribution >= 4 is 22.6 Å². The zero-order chi connectivity index (χ0) is 18.0. The molecule has 0 amide bonds. The van der Waals surface area contributed by atoms with E-state index in [2.05, 4.69) is 27.3 Å². The molecule has 2 heterocycles. The first-order valence-corrected chi connectivity index (χ1v) is 9.11. The molecule has 0 aromatic heterocycles. The predicted molar refractivity (Wildman–Crippen MR) is 87.9 cm³/mol. The number of rotatable bonds is 4. The molecule has 0 N–H and O–H groups in total. The molecular formula is C16H17F4IO4. The van der Waals surface area contributed by atoms with Crippen LogP contribution in [-0.2, 0) is 14.2 Å². The van der Waals surface area contributed by atoms with Crippen LogP contribution in [0, 0.1) is 17.6 Å². The summed E-state index contributed by atoms with van der Waals surface area (Å²) in [5, 5.41) is 0. The Morgan fingerprint density at radius 2 is 1.64 bits per heavy atom. The molecule has 0 spiro atoms. The largest absolute Gasteiger partial charge is 0.429 e. The second kappa shape index (κ2) is 8.36. The maximum atomic E-state index is 13.8. The molecule has 0 bridgehead atoms. The van der Waals surface area contributed by atoms with Gasteiger partial charge in [-0.25, -0.2) is 8.78 Å². The second-order valence-electron chi connectivity index (χ2n) is 5.98. The maximum absolute atomic E-state index is 13.8. The van der Waals surface area contributed by atoms with Crippen LogP contribution in [0.25, 0.3) is 0 Å². The Kier molecular flexibility index (Phi) is 6.39. The molecular weight excluding hydrogens is 459 g/mol. The molecule has 2 atom stereocenters. The Labute approximate surface area is 155 Å². The van der Waals surface area contributed by atoms with Crippen molar-refractivity contribution in [3.8, 4) is 5.75 Å². The average Bonchev–Trinajstić information content (AvgIpc) is 2.59. The van der Waals surface area contributed by atoms with Gasteiger partial charge < -0.3 is 18.9 Å². The highest BCUT2D eigenvalue weighted by Gasteiger charge is 2.33. The highest BCUT2D eigenvalue weighted by Crippen LogP contribution is 2.36. The summed E-state index contributed by atoms with van der Waals surface area (Å²) >= 11 is 2.25. The van der Waals surface area contributed by atoms with Gasteiger partial charge in [0, 0.05) is 5.92 Å². The zero-order valence-corrected chi connectivity index (χ0v) is 15.3. The van der Waals surface area contributed by atoms with E-state index in [-0.39, 0.29) is 17.8 Å². The number of halogens is 5. The molecule has 9 heteroatoms. The maximum Gasteiger partial charge on any atom is 0.387 e. The molecule has 2 unspecified atom stereocenters. The zero-order valence-electron chi connectivity index (χ0n) is 13.1. The number of ether oxygens (including phenoxy) is 4. The molecule has 2 fully saturated rings. The Bertz CT molecular complexity index is 564. The third-order valence-electron chi connectivity index (χ3n) is 4.18. The number of benzene rings is 1. The normalized spacial score (nSPS) is 30.5. The van der Waals surface area contributed by atoms with E-state index in [0.29, 0.717) is 36.6 Å². The molecule has 2 saturated heterocycles. The van der Waals surface area contributed by atoms with Crippen molar-refractivity contribution in [3.63, 3.8) is 0 Å². The third-order valence-corrected chi connectivity index (χ3v) is 4.90. The summed E-state index contributed by atoms with van der Waals surface area (Å²) in [5.74, 6) is -3.37. The van der Waals surface area contributed by atoms with Crippen LogP contribution in [0.5, 0.6) is 5.75 Å². The quantitative estimate of drug-likeness (QED) is 0.371. The van der Waals surface area contributed by atoms with E-state index in [1.807, 2.05) is 0 Å². The van der Waals surface area contributed by atoms with Gasteiger partial charge >= 0.3 is 6.61 Å². The van der Waals surface area contributed by atoms with Gasteiger partial charge in [-0.3, -0.25) is 0 Å². The molecule has 140 valence electrons. The number of hydrogen-bond acceptors (Lipinski definition) is 4. The van der Waals surface area contributed by atoms with Gasteiger partial charge in [-0.2, -0.15) is 8.78 Å². The second-order valence-corrected chi connectivity index (χ2v) is 7.75. The Morgan fingerprint density at radius 3 is 2.16 bits per heavy atom. The van der Waals surface area contributed by atoms with Crippen LogP contribution in [0.1, 0.15) is 24.5 Å². The van der Waals surface area contributed by atoms with Crippen LogP contribution in [0.2, 0.25) is 0 Å². The Hall–Kier alpha value is -0.650. The van der Waals surface area contributed by atoms with Gasteiger partial charge in [-0.1, -0.05) is 22.6 Å². The third kappa shape index (κ3) is 4.75. The first-order chi connectivity index (χ1) is 11.9. The smallest absolute Gasteiger partial charge is 0.387 e. The Morgan fingerprint density at radius 1 is 1.00 bits per heavy atom. The molecule has 0 aliphatic carbocycles. The van der Waals surface area contributed by atoms with Crippen molar-refractivity contribution in [2.75, 3.05) is 19.8 Å². The number of hydrogen-bond donors (Lipinski definition) is 0. The van der Waals surface area contributed by atoms with Gasteiger partial charge in [0.15, 0.2) is 23.7 Å². The highest BCUT2D eigenvalue weighted by atomic mass is 127. The summed E-state index contributed by atoms with van der Waals surface area (Å²) in [4.78, 5) is 0. The van der Waals surface area contributed by atoms with E-state index in [0.717, 1.165) is 12.1 Å². The lowest BCUT2D eigenvalue weighted by Crippen LogP contribution is -2.40. The highest BCUT2D eigenvalue weighted by molar-refractivity contribution is 14.1. The van der Waals surface area contributed by atoms with Crippen molar-refractivity contribution in [1.82, 2.24) is 0 Å².